The van der Waals surface area contributed by atoms with Gasteiger partial charge in [-0.05, 0) is 25.1 Å². The van der Waals surface area contributed by atoms with Crippen molar-refractivity contribution in [1.82, 2.24) is 9.88 Å². The molecule has 0 amide bonds. The van der Waals surface area contributed by atoms with E-state index in [4.69, 9.17) is 21.4 Å². The number of halogens is 1. The van der Waals surface area contributed by atoms with Crippen LogP contribution in [0.1, 0.15) is 17.0 Å². The Bertz CT molecular complexity index is 777. The second-order valence-electron chi connectivity index (χ2n) is 4.01. The summed E-state index contributed by atoms with van der Waals surface area (Å²) in [7, 11) is -3.83. The summed E-state index contributed by atoms with van der Waals surface area (Å²) < 4.78 is 31.5. The lowest BCUT2D eigenvalue weighted by Gasteiger charge is -2.07. The molecule has 1 N–H and O–H groups in total. The van der Waals surface area contributed by atoms with Gasteiger partial charge >= 0.3 is 0 Å². The minimum Gasteiger partial charge on any atom is -0.361 e. The van der Waals surface area contributed by atoms with Gasteiger partial charge in [-0.3, -0.25) is 0 Å². The normalized spacial score (nSPS) is 11.2. The van der Waals surface area contributed by atoms with E-state index in [0.717, 1.165) is 0 Å². The van der Waals surface area contributed by atoms with Crippen molar-refractivity contribution in [1.29, 1.82) is 5.26 Å². The fraction of sp³-hybridized carbons (Fsp3) is 0.167. The smallest absolute Gasteiger partial charge is 0.242 e. The summed E-state index contributed by atoms with van der Waals surface area (Å²) in [5.41, 5.74) is 0.672. The number of nitrogens with zero attached hydrogens (tertiary/aromatic N) is 2. The second-order valence-corrected chi connectivity index (χ2v) is 6.15. The number of hydrogen-bond donors (Lipinski definition) is 1. The molecule has 0 saturated heterocycles. The minimum atomic E-state index is -3.83. The summed E-state index contributed by atoms with van der Waals surface area (Å²) in [6.07, 6.45) is 0. The zero-order valence-electron chi connectivity index (χ0n) is 10.4. The molecule has 0 aliphatic carbocycles. The van der Waals surface area contributed by atoms with Gasteiger partial charge in [-0.25, -0.2) is 13.1 Å². The van der Waals surface area contributed by atoms with Gasteiger partial charge in [0.25, 0.3) is 0 Å². The first kappa shape index (κ1) is 14.5. The van der Waals surface area contributed by atoms with E-state index in [1.54, 1.807) is 13.0 Å². The molecule has 20 heavy (non-hydrogen) atoms. The van der Waals surface area contributed by atoms with E-state index in [1.807, 2.05) is 6.07 Å². The standard InChI is InChI=1S/C12H10ClN3O3S/c1-8-4-10(16-19-8)7-15-20(17,18)12-5-9(6-14)2-3-11(12)13/h2-5,15H,7H2,1H3. The van der Waals surface area contributed by atoms with E-state index >= 15 is 0 Å². The molecule has 0 saturated carbocycles. The molecule has 0 radical (unpaired) electrons. The quantitative estimate of drug-likeness (QED) is 0.931. The van der Waals surface area contributed by atoms with Crippen LogP contribution in [-0.4, -0.2) is 13.6 Å². The van der Waals surface area contributed by atoms with E-state index in [-0.39, 0.29) is 22.0 Å². The molecular weight excluding hydrogens is 302 g/mol. The summed E-state index contributed by atoms with van der Waals surface area (Å²) in [6, 6.07) is 7.52. The molecule has 2 aromatic rings. The van der Waals surface area contributed by atoms with Crippen LogP contribution in [0.4, 0.5) is 0 Å². The maximum Gasteiger partial charge on any atom is 0.242 e. The predicted molar refractivity (Wildman–Crippen MR) is 71.4 cm³/mol. The fourth-order valence-corrected chi connectivity index (χ4v) is 3.05. The summed E-state index contributed by atoms with van der Waals surface area (Å²) in [6.45, 7) is 1.69. The molecule has 2 rings (SSSR count). The third-order valence-corrected chi connectivity index (χ3v) is 4.35. The first-order chi connectivity index (χ1) is 9.42. The average Bonchev–Trinajstić information content (AvgIpc) is 2.83. The Hall–Kier alpha value is -1.88. The average molecular weight is 312 g/mol. The lowest BCUT2D eigenvalue weighted by molar-refractivity contribution is 0.390. The number of benzene rings is 1. The van der Waals surface area contributed by atoms with Crippen LogP contribution in [0.15, 0.2) is 33.7 Å². The lowest BCUT2D eigenvalue weighted by Crippen LogP contribution is -2.23. The minimum absolute atomic E-state index is 0.0210. The van der Waals surface area contributed by atoms with Crippen molar-refractivity contribution in [3.8, 4) is 6.07 Å². The van der Waals surface area contributed by atoms with Gasteiger partial charge in [0.15, 0.2) is 0 Å². The van der Waals surface area contributed by atoms with E-state index in [2.05, 4.69) is 9.88 Å². The Morgan fingerprint density at radius 3 is 2.80 bits per heavy atom. The van der Waals surface area contributed by atoms with Gasteiger partial charge in [-0.15, -0.1) is 0 Å². The first-order valence-corrected chi connectivity index (χ1v) is 7.40. The summed E-state index contributed by atoms with van der Waals surface area (Å²) >= 11 is 5.86. The van der Waals surface area contributed by atoms with Crippen molar-refractivity contribution in [3.63, 3.8) is 0 Å². The molecule has 1 heterocycles. The maximum atomic E-state index is 12.1. The molecule has 0 aliphatic rings. The third kappa shape index (κ3) is 3.17. The zero-order chi connectivity index (χ0) is 14.8. The SMILES string of the molecule is Cc1cc(CNS(=O)(=O)c2cc(C#N)ccc2Cl)no1. The van der Waals surface area contributed by atoms with E-state index in [9.17, 15) is 8.42 Å². The highest BCUT2D eigenvalue weighted by Gasteiger charge is 2.19. The summed E-state index contributed by atoms with van der Waals surface area (Å²) in [5.74, 6) is 0.587. The van der Waals surface area contributed by atoms with Crippen molar-refractivity contribution in [3.05, 3.63) is 46.3 Å². The van der Waals surface area contributed by atoms with Gasteiger partial charge in [0.2, 0.25) is 10.0 Å². The van der Waals surface area contributed by atoms with E-state index < -0.39 is 10.0 Å². The number of aromatic nitrogens is 1. The molecule has 1 aromatic carbocycles. The molecule has 0 bridgehead atoms. The number of sulfonamides is 1. The van der Waals surface area contributed by atoms with Gasteiger partial charge in [0.05, 0.1) is 28.9 Å². The first-order valence-electron chi connectivity index (χ1n) is 5.54. The Kier molecular flexibility index (Phi) is 4.09. The van der Waals surface area contributed by atoms with Crippen LogP contribution < -0.4 is 4.72 Å². The number of aryl methyl sites for hydroxylation is 1. The fourth-order valence-electron chi connectivity index (χ4n) is 1.53. The van der Waals surface area contributed by atoms with Gasteiger partial charge in [-0.1, -0.05) is 16.8 Å². The molecule has 0 aliphatic heterocycles. The van der Waals surface area contributed by atoms with E-state index in [1.165, 1.54) is 18.2 Å². The highest BCUT2D eigenvalue weighted by Crippen LogP contribution is 2.22. The number of nitrogens with one attached hydrogen (secondary N) is 1. The Morgan fingerprint density at radius 2 is 2.20 bits per heavy atom. The molecule has 0 spiro atoms. The Balaban J connectivity index is 2.24. The highest BCUT2D eigenvalue weighted by atomic mass is 35.5. The van der Waals surface area contributed by atoms with Crippen molar-refractivity contribution in [2.75, 3.05) is 0 Å². The second kappa shape index (κ2) is 5.63. The Labute approximate surface area is 121 Å². The van der Waals surface area contributed by atoms with Gasteiger partial charge < -0.3 is 4.52 Å². The van der Waals surface area contributed by atoms with Gasteiger partial charge in [0.1, 0.15) is 10.7 Å². The maximum absolute atomic E-state index is 12.1. The van der Waals surface area contributed by atoms with Gasteiger partial charge in [-0.2, -0.15) is 5.26 Å². The zero-order valence-corrected chi connectivity index (χ0v) is 12.0. The third-order valence-electron chi connectivity index (χ3n) is 2.47. The molecule has 0 atom stereocenters. The van der Waals surface area contributed by atoms with Crippen LogP contribution in [0.5, 0.6) is 0 Å². The van der Waals surface area contributed by atoms with Crippen LogP contribution in [-0.2, 0) is 16.6 Å². The topological polar surface area (TPSA) is 96.0 Å². The van der Waals surface area contributed by atoms with Gasteiger partial charge in [0, 0.05) is 6.07 Å². The lowest BCUT2D eigenvalue weighted by atomic mass is 10.2. The molecule has 0 unspecified atom stereocenters. The molecular formula is C12H10ClN3O3S. The van der Waals surface area contributed by atoms with Crippen LogP contribution in [0.2, 0.25) is 5.02 Å². The molecule has 0 fully saturated rings. The van der Waals surface area contributed by atoms with Crippen molar-refractivity contribution >= 4 is 21.6 Å². The number of nitriles is 1. The molecule has 8 heteroatoms. The highest BCUT2D eigenvalue weighted by molar-refractivity contribution is 7.89. The molecule has 1 aromatic heterocycles. The van der Waals surface area contributed by atoms with Crippen LogP contribution in [0.3, 0.4) is 0 Å². The predicted octanol–water partition coefficient (Wildman–Crippen LogP) is 1.99. The van der Waals surface area contributed by atoms with Crippen molar-refractivity contribution in [2.24, 2.45) is 0 Å². The largest absolute Gasteiger partial charge is 0.361 e. The van der Waals surface area contributed by atoms with Crippen LogP contribution in [0.25, 0.3) is 0 Å². The molecule has 104 valence electrons. The van der Waals surface area contributed by atoms with Crippen molar-refractivity contribution in [2.45, 2.75) is 18.4 Å². The Morgan fingerprint density at radius 1 is 1.45 bits per heavy atom. The van der Waals surface area contributed by atoms with E-state index in [0.29, 0.717) is 11.5 Å². The van der Waals surface area contributed by atoms with Crippen LogP contribution >= 0.6 is 11.6 Å². The monoisotopic (exact) mass is 311 g/mol. The van der Waals surface area contributed by atoms with Crippen molar-refractivity contribution < 1.29 is 12.9 Å². The summed E-state index contributed by atoms with van der Waals surface area (Å²) in [5, 5.41) is 12.5. The number of hydrogen-bond acceptors (Lipinski definition) is 5. The summed E-state index contributed by atoms with van der Waals surface area (Å²) in [4.78, 5) is -0.140. The molecule has 6 nitrogen and oxygen atoms in total. The van der Waals surface area contributed by atoms with Crippen LogP contribution in [0, 0.1) is 18.3 Å². The number of rotatable bonds is 4.